The van der Waals surface area contributed by atoms with Crippen LogP contribution in [0.2, 0.25) is 0 Å². The van der Waals surface area contributed by atoms with E-state index in [-0.39, 0.29) is 17.9 Å². The predicted molar refractivity (Wildman–Crippen MR) is 74.2 cm³/mol. The average molecular weight is 261 g/mol. The van der Waals surface area contributed by atoms with Crippen LogP contribution < -0.4 is 16.0 Å². The summed E-state index contributed by atoms with van der Waals surface area (Å²) in [6.07, 6.45) is 1.16. The second kappa shape index (κ2) is 5.73. The van der Waals surface area contributed by atoms with Gasteiger partial charge in [0.05, 0.1) is 5.56 Å². The van der Waals surface area contributed by atoms with E-state index in [4.69, 9.17) is 0 Å². The second-order valence-electron chi connectivity index (χ2n) is 4.81. The lowest BCUT2D eigenvalue weighted by atomic mass is 10.0. The van der Waals surface area contributed by atoms with Gasteiger partial charge in [-0.2, -0.15) is 0 Å². The number of hydrogen-bond donors (Lipinski definition) is 3. The van der Waals surface area contributed by atoms with Crippen LogP contribution >= 0.6 is 0 Å². The van der Waals surface area contributed by atoms with Crippen molar-refractivity contribution >= 4 is 17.5 Å². The molecule has 3 N–H and O–H groups in total. The van der Waals surface area contributed by atoms with E-state index in [0.717, 1.165) is 11.3 Å². The number of anilines is 1. The first-order valence-corrected chi connectivity index (χ1v) is 6.46. The molecule has 0 aliphatic carbocycles. The standard InChI is InChI=1S/C14H19N3O2/c1-9-3-5-12(15-2)11(7-9)14(19)17-10-4-6-13(18)16-8-10/h3,5,7,10,15H,4,6,8H2,1-2H3,(H,16,18)(H,17,19). The quantitative estimate of drug-likeness (QED) is 0.761. The fourth-order valence-corrected chi connectivity index (χ4v) is 2.18. The number of piperidine rings is 1. The number of rotatable bonds is 3. The number of aryl methyl sites for hydroxylation is 1. The maximum atomic E-state index is 12.3. The smallest absolute Gasteiger partial charge is 0.253 e. The summed E-state index contributed by atoms with van der Waals surface area (Å²) in [5.41, 5.74) is 2.49. The summed E-state index contributed by atoms with van der Waals surface area (Å²) in [7, 11) is 1.79. The molecule has 0 aromatic heterocycles. The van der Waals surface area contributed by atoms with E-state index in [1.165, 1.54) is 0 Å². The SMILES string of the molecule is CNc1ccc(C)cc1C(=O)NC1CCC(=O)NC1. The van der Waals surface area contributed by atoms with E-state index >= 15 is 0 Å². The molecule has 0 radical (unpaired) electrons. The van der Waals surface area contributed by atoms with Crippen LogP contribution in [0.3, 0.4) is 0 Å². The Kier molecular flexibility index (Phi) is 4.04. The Morgan fingerprint density at radius 3 is 2.84 bits per heavy atom. The first kappa shape index (κ1) is 13.4. The highest BCUT2D eigenvalue weighted by Crippen LogP contribution is 2.17. The fourth-order valence-electron chi connectivity index (χ4n) is 2.18. The van der Waals surface area contributed by atoms with Crippen LogP contribution in [0.1, 0.15) is 28.8 Å². The third kappa shape index (κ3) is 3.24. The van der Waals surface area contributed by atoms with Crippen molar-refractivity contribution < 1.29 is 9.59 Å². The predicted octanol–water partition coefficient (Wildman–Crippen LogP) is 1.05. The Hall–Kier alpha value is -2.04. The van der Waals surface area contributed by atoms with Crippen LogP contribution in [0.25, 0.3) is 0 Å². The van der Waals surface area contributed by atoms with Crippen LogP contribution in [0.15, 0.2) is 18.2 Å². The lowest BCUT2D eigenvalue weighted by Crippen LogP contribution is -2.47. The van der Waals surface area contributed by atoms with Crippen molar-refractivity contribution in [2.75, 3.05) is 18.9 Å². The van der Waals surface area contributed by atoms with E-state index in [9.17, 15) is 9.59 Å². The van der Waals surface area contributed by atoms with Gasteiger partial charge in [-0.1, -0.05) is 11.6 Å². The molecule has 1 heterocycles. The number of nitrogens with one attached hydrogen (secondary N) is 3. The molecule has 5 heteroatoms. The summed E-state index contributed by atoms with van der Waals surface area (Å²) in [5, 5.41) is 8.74. The van der Waals surface area contributed by atoms with Crippen LogP contribution in [0.4, 0.5) is 5.69 Å². The number of hydrogen-bond acceptors (Lipinski definition) is 3. The normalized spacial score (nSPS) is 18.6. The maximum absolute atomic E-state index is 12.3. The Morgan fingerprint density at radius 1 is 1.42 bits per heavy atom. The molecule has 2 amide bonds. The van der Waals surface area contributed by atoms with Gasteiger partial charge in [-0.25, -0.2) is 0 Å². The number of carbonyl (C=O) groups excluding carboxylic acids is 2. The van der Waals surface area contributed by atoms with Crippen molar-refractivity contribution in [3.05, 3.63) is 29.3 Å². The molecule has 1 aliphatic heterocycles. The van der Waals surface area contributed by atoms with Gasteiger partial charge in [-0.3, -0.25) is 9.59 Å². The molecule has 19 heavy (non-hydrogen) atoms. The van der Waals surface area contributed by atoms with Crippen molar-refractivity contribution in [3.8, 4) is 0 Å². The van der Waals surface area contributed by atoms with Gasteiger partial charge in [0.1, 0.15) is 0 Å². The zero-order valence-corrected chi connectivity index (χ0v) is 11.2. The van der Waals surface area contributed by atoms with Gasteiger partial charge in [-0.05, 0) is 25.5 Å². The summed E-state index contributed by atoms with van der Waals surface area (Å²) < 4.78 is 0. The second-order valence-corrected chi connectivity index (χ2v) is 4.81. The maximum Gasteiger partial charge on any atom is 0.253 e. The van der Waals surface area contributed by atoms with Gasteiger partial charge in [0.15, 0.2) is 0 Å². The zero-order chi connectivity index (χ0) is 13.8. The zero-order valence-electron chi connectivity index (χ0n) is 11.2. The first-order valence-electron chi connectivity index (χ1n) is 6.46. The molecule has 0 bridgehead atoms. The molecule has 1 atom stereocenters. The Balaban J connectivity index is 2.07. The third-order valence-corrected chi connectivity index (χ3v) is 3.29. The molecule has 1 aromatic carbocycles. The lowest BCUT2D eigenvalue weighted by molar-refractivity contribution is -0.122. The molecule has 1 saturated heterocycles. The van der Waals surface area contributed by atoms with Crippen molar-refractivity contribution in [3.63, 3.8) is 0 Å². The molecule has 0 spiro atoms. The van der Waals surface area contributed by atoms with Crippen molar-refractivity contribution in [2.45, 2.75) is 25.8 Å². The van der Waals surface area contributed by atoms with Crippen LogP contribution in [-0.4, -0.2) is 31.4 Å². The molecule has 1 fully saturated rings. The molecular formula is C14H19N3O2. The number of amides is 2. The Bertz CT molecular complexity index is 489. The molecular weight excluding hydrogens is 242 g/mol. The van der Waals surface area contributed by atoms with E-state index in [0.29, 0.717) is 24.9 Å². The minimum absolute atomic E-state index is 0.00965. The Morgan fingerprint density at radius 2 is 2.21 bits per heavy atom. The van der Waals surface area contributed by atoms with Crippen molar-refractivity contribution in [1.82, 2.24) is 10.6 Å². The van der Waals surface area contributed by atoms with Crippen molar-refractivity contribution in [1.29, 1.82) is 0 Å². The largest absolute Gasteiger partial charge is 0.387 e. The van der Waals surface area contributed by atoms with Gasteiger partial charge < -0.3 is 16.0 Å². The van der Waals surface area contributed by atoms with Gasteiger partial charge >= 0.3 is 0 Å². The highest BCUT2D eigenvalue weighted by Gasteiger charge is 2.21. The van der Waals surface area contributed by atoms with Gasteiger partial charge in [-0.15, -0.1) is 0 Å². The van der Waals surface area contributed by atoms with E-state index in [1.807, 2.05) is 25.1 Å². The summed E-state index contributed by atoms with van der Waals surface area (Å²) in [4.78, 5) is 23.3. The topological polar surface area (TPSA) is 70.2 Å². The molecule has 5 nitrogen and oxygen atoms in total. The van der Waals surface area contributed by atoms with Gasteiger partial charge in [0.2, 0.25) is 5.91 Å². The first-order chi connectivity index (χ1) is 9.10. The summed E-state index contributed by atoms with van der Waals surface area (Å²) >= 11 is 0. The number of benzene rings is 1. The van der Waals surface area contributed by atoms with Crippen LogP contribution in [0, 0.1) is 6.92 Å². The molecule has 0 saturated carbocycles. The third-order valence-electron chi connectivity index (χ3n) is 3.29. The summed E-state index contributed by atoms with van der Waals surface area (Å²) in [6.45, 7) is 2.46. The van der Waals surface area contributed by atoms with Crippen LogP contribution in [0.5, 0.6) is 0 Å². The van der Waals surface area contributed by atoms with E-state index in [1.54, 1.807) is 7.05 Å². The van der Waals surface area contributed by atoms with Crippen molar-refractivity contribution in [2.24, 2.45) is 0 Å². The van der Waals surface area contributed by atoms with Gasteiger partial charge in [0.25, 0.3) is 5.91 Å². The molecule has 1 aromatic rings. The average Bonchev–Trinajstić information content (AvgIpc) is 2.41. The molecule has 102 valence electrons. The number of carbonyl (C=O) groups is 2. The van der Waals surface area contributed by atoms with Crippen LogP contribution in [-0.2, 0) is 4.79 Å². The fraction of sp³-hybridized carbons (Fsp3) is 0.429. The molecule has 2 rings (SSSR count). The highest BCUT2D eigenvalue weighted by atomic mass is 16.2. The monoisotopic (exact) mass is 261 g/mol. The van der Waals surface area contributed by atoms with E-state index in [2.05, 4.69) is 16.0 Å². The Labute approximate surface area is 112 Å². The van der Waals surface area contributed by atoms with E-state index < -0.39 is 0 Å². The highest BCUT2D eigenvalue weighted by molar-refractivity contribution is 6.00. The molecule has 1 unspecified atom stereocenters. The summed E-state index contributed by atoms with van der Waals surface area (Å²) in [5.74, 6) is -0.0498. The van der Waals surface area contributed by atoms with Gasteiger partial charge in [0, 0.05) is 31.7 Å². The summed E-state index contributed by atoms with van der Waals surface area (Å²) in [6, 6.07) is 5.73. The minimum atomic E-state index is -0.103. The minimum Gasteiger partial charge on any atom is -0.387 e. The molecule has 1 aliphatic rings. The lowest BCUT2D eigenvalue weighted by Gasteiger charge is -2.24.